The van der Waals surface area contributed by atoms with Gasteiger partial charge >= 0.3 is 0 Å². The molecule has 0 N–H and O–H groups in total. The summed E-state index contributed by atoms with van der Waals surface area (Å²) in [5.74, 6) is 1.19. The maximum absolute atomic E-state index is 5.47. The van der Waals surface area contributed by atoms with E-state index in [9.17, 15) is 0 Å². The van der Waals surface area contributed by atoms with Crippen molar-refractivity contribution in [3.63, 3.8) is 0 Å². The van der Waals surface area contributed by atoms with Crippen molar-refractivity contribution in [2.24, 2.45) is 0 Å². The molecule has 1 nitrogen and oxygen atoms in total. The summed E-state index contributed by atoms with van der Waals surface area (Å²) in [6.45, 7) is 7.42. The van der Waals surface area contributed by atoms with Crippen LogP contribution < -0.4 is 0 Å². The third-order valence-electron chi connectivity index (χ3n) is 2.75. The summed E-state index contributed by atoms with van der Waals surface area (Å²) >= 11 is 0. The summed E-state index contributed by atoms with van der Waals surface area (Å²) in [5.41, 5.74) is 2.91. The van der Waals surface area contributed by atoms with Gasteiger partial charge in [0.1, 0.15) is 0 Å². The van der Waals surface area contributed by atoms with Crippen molar-refractivity contribution >= 4 is 0 Å². The second-order valence-corrected chi connectivity index (χ2v) is 4.72. The van der Waals surface area contributed by atoms with Crippen LogP contribution in [0.1, 0.15) is 52.9 Å². The van der Waals surface area contributed by atoms with Crippen molar-refractivity contribution < 1.29 is 4.74 Å². The van der Waals surface area contributed by atoms with Gasteiger partial charge in [-0.05, 0) is 46.1 Å². The van der Waals surface area contributed by atoms with Crippen LogP contribution in [0.15, 0.2) is 35.1 Å². The number of ether oxygens (including phenoxy) is 1. The van der Waals surface area contributed by atoms with Crippen molar-refractivity contribution in [2.45, 2.75) is 52.9 Å². The van der Waals surface area contributed by atoms with E-state index in [0.717, 1.165) is 25.9 Å². The molecule has 0 radical (unpaired) electrons. The van der Waals surface area contributed by atoms with Crippen molar-refractivity contribution in [2.75, 3.05) is 6.61 Å². The van der Waals surface area contributed by atoms with Gasteiger partial charge in [-0.25, -0.2) is 0 Å². The quantitative estimate of drug-likeness (QED) is 0.586. The standard InChI is InChI=1S/C15H24O/c1-13(2)7-4-8-14(3)9-5-10-15-11-6-12-16-15/h7,9,11H,4-6,8,10,12H2,1-3H3/b14-9+. The molecule has 0 spiro atoms. The molecule has 0 amide bonds. The Bertz CT molecular complexity index is 291. The second kappa shape index (κ2) is 7.32. The average molecular weight is 220 g/mol. The summed E-state index contributed by atoms with van der Waals surface area (Å²) in [4.78, 5) is 0. The highest BCUT2D eigenvalue weighted by Gasteiger charge is 2.03. The fraction of sp³-hybridized carbons (Fsp3) is 0.600. The third kappa shape index (κ3) is 5.79. The summed E-state index contributed by atoms with van der Waals surface area (Å²) in [7, 11) is 0. The van der Waals surface area contributed by atoms with Crippen LogP contribution in [-0.2, 0) is 4.74 Å². The fourth-order valence-electron chi connectivity index (χ4n) is 1.79. The molecule has 16 heavy (non-hydrogen) atoms. The number of allylic oxidation sites excluding steroid dienone is 5. The van der Waals surface area contributed by atoms with Gasteiger partial charge in [-0.1, -0.05) is 23.3 Å². The van der Waals surface area contributed by atoms with Gasteiger partial charge in [0.05, 0.1) is 12.4 Å². The van der Waals surface area contributed by atoms with E-state index in [4.69, 9.17) is 4.74 Å². The molecule has 0 unspecified atom stereocenters. The topological polar surface area (TPSA) is 9.23 Å². The molecule has 90 valence electrons. The smallest absolute Gasteiger partial charge is 0.0924 e. The van der Waals surface area contributed by atoms with Crippen LogP contribution in [-0.4, -0.2) is 6.61 Å². The largest absolute Gasteiger partial charge is 0.498 e. The normalized spacial score (nSPS) is 15.7. The Hall–Kier alpha value is -0.980. The van der Waals surface area contributed by atoms with Crippen molar-refractivity contribution in [3.05, 3.63) is 35.1 Å². The summed E-state index contributed by atoms with van der Waals surface area (Å²) in [5, 5.41) is 0. The molecule has 0 fully saturated rings. The Balaban J connectivity index is 2.15. The SMILES string of the molecule is CC(C)=CCC/C(C)=C/CCC1=CCCO1. The van der Waals surface area contributed by atoms with E-state index >= 15 is 0 Å². The summed E-state index contributed by atoms with van der Waals surface area (Å²) in [6, 6.07) is 0. The van der Waals surface area contributed by atoms with Crippen molar-refractivity contribution in [1.82, 2.24) is 0 Å². The first-order valence-electron chi connectivity index (χ1n) is 6.29. The molecule has 0 saturated heterocycles. The summed E-state index contributed by atoms with van der Waals surface area (Å²) in [6.07, 6.45) is 12.5. The fourth-order valence-corrected chi connectivity index (χ4v) is 1.79. The predicted molar refractivity (Wildman–Crippen MR) is 70.3 cm³/mol. The highest BCUT2D eigenvalue weighted by molar-refractivity contribution is 5.05. The van der Waals surface area contributed by atoms with E-state index in [-0.39, 0.29) is 0 Å². The van der Waals surface area contributed by atoms with Gasteiger partial charge in [-0.15, -0.1) is 0 Å². The lowest BCUT2D eigenvalue weighted by molar-refractivity contribution is 0.234. The Kier molecular flexibility index (Phi) is 5.99. The van der Waals surface area contributed by atoms with Crippen molar-refractivity contribution in [1.29, 1.82) is 0 Å². The number of hydrogen-bond acceptors (Lipinski definition) is 1. The minimum Gasteiger partial charge on any atom is -0.498 e. The maximum atomic E-state index is 5.47. The Morgan fingerprint density at radius 1 is 1.25 bits per heavy atom. The zero-order valence-corrected chi connectivity index (χ0v) is 10.9. The first-order valence-corrected chi connectivity index (χ1v) is 6.29. The van der Waals surface area contributed by atoms with Crippen LogP contribution in [0, 0.1) is 0 Å². The number of rotatable bonds is 6. The highest BCUT2D eigenvalue weighted by atomic mass is 16.5. The van der Waals surface area contributed by atoms with Gasteiger partial charge in [0.15, 0.2) is 0 Å². The average Bonchev–Trinajstić information content (AvgIpc) is 2.70. The molecular formula is C15H24O. The number of hydrogen-bond donors (Lipinski definition) is 0. The zero-order valence-electron chi connectivity index (χ0n) is 10.9. The van der Waals surface area contributed by atoms with Gasteiger partial charge in [-0.3, -0.25) is 0 Å². The second-order valence-electron chi connectivity index (χ2n) is 4.72. The first-order chi connectivity index (χ1) is 7.68. The lowest BCUT2D eigenvalue weighted by atomic mass is 10.1. The molecule has 0 aromatic rings. The van der Waals surface area contributed by atoms with Gasteiger partial charge in [0.25, 0.3) is 0 Å². The molecule has 0 aliphatic carbocycles. The van der Waals surface area contributed by atoms with E-state index < -0.39 is 0 Å². The van der Waals surface area contributed by atoms with E-state index in [0.29, 0.717) is 0 Å². The maximum Gasteiger partial charge on any atom is 0.0924 e. The molecule has 0 aromatic carbocycles. The zero-order chi connectivity index (χ0) is 11.8. The third-order valence-corrected chi connectivity index (χ3v) is 2.75. The van der Waals surface area contributed by atoms with Gasteiger partial charge in [-0.2, -0.15) is 0 Å². The molecule has 0 saturated carbocycles. The molecule has 1 heterocycles. The van der Waals surface area contributed by atoms with Crippen LogP contribution in [0.4, 0.5) is 0 Å². The molecule has 1 aliphatic heterocycles. The molecule has 1 rings (SSSR count). The minimum absolute atomic E-state index is 0.888. The minimum atomic E-state index is 0.888. The van der Waals surface area contributed by atoms with Crippen LogP contribution in [0.3, 0.4) is 0 Å². The monoisotopic (exact) mass is 220 g/mol. The van der Waals surface area contributed by atoms with Gasteiger partial charge in [0.2, 0.25) is 0 Å². The van der Waals surface area contributed by atoms with Crippen LogP contribution in [0.25, 0.3) is 0 Å². The van der Waals surface area contributed by atoms with Crippen LogP contribution in [0.5, 0.6) is 0 Å². The molecule has 0 aromatic heterocycles. The summed E-state index contributed by atoms with van der Waals surface area (Å²) < 4.78 is 5.47. The predicted octanol–water partition coefficient (Wildman–Crippen LogP) is 4.76. The van der Waals surface area contributed by atoms with Gasteiger partial charge in [0, 0.05) is 12.8 Å². The van der Waals surface area contributed by atoms with E-state index in [1.165, 1.54) is 29.7 Å². The Labute approximate surface area is 99.9 Å². The molecule has 1 aliphatic rings. The Morgan fingerprint density at radius 2 is 2.06 bits per heavy atom. The van der Waals surface area contributed by atoms with Crippen molar-refractivity contribution in [3.8, 4) is 0 Å². The molecule has 0 atom stereocenters. The van der Waals surface area contributed by atoms with E-state index in [2.05, 4.69) is 39.0 Å². The van der Waals surface area contributed by atoms with E-state index in [1.807, 2.05) is 0 Å². The van der Waals surface area contributed by atoms with Crippen LogP contribution >= 0.6 is 0 Å². The lowest BCUT2D eigenvalue weighted by Crippen LogP contribution is -1.85. The Morgan fingerprint density at radius 3 is 2.69 bits per heavy atom. The molecular weight excluding hydrogens is 196 g/mol. The molecule has 1 heteroatoms. The van der Waals surface area contributed by atoms with Gasteiger partial charge < -0.3 is 4.74 Å². The lowest BCUT2D eigenvalue weighted by Gasteiger charge is -2.02. The first kappa shape index (κ1) is 13.1. The van der Waals surface area contributed by atoms with Crippen LogP contribution in [0.2, 0.25) is 0 Å². The molecule has 0 bridgehead atoms. The van der Waals surface area contributed by atoms with E-state index in [1.54, 1.807) is 0 Å². The highest BCUT2D eigenvalue weighted by Crippen LogP contribution is 2.16.